The van der Waals surface area contributed by atoms with Crippen LogP contribution < -0.4 is 10.3 Å². The van der Waals surface area contributed by atoms with E-state index >= 15 is 0 Å². The van der Waals surface area contributed by atoms with Crippen molar-refractivity contribution in [2.24, 2.45) is 0 Å². The van der Waals surface area contributed by atoms with Crippen molar-refractivity contribution in [1.82, 2.24) is 0 Å². The quantitative estimate of drug-likeness (QED) is 0.524. The van der Waals surface area contributed by atoms with Gasteiger partial charge in [0.1, 0.15) is 5.69 Å². The van der Waals surface area contributed by atoms with Crippen LogP contribution >= 0.6 is 0 Å². The van der Waals surface area contributed by atoms with Crippen LogP contribution in [0.3, 0.4) is 0 Å². The van der Waals surface area contributed by atoms with Crippen molar-refractivity contribution in [2.45, 2.75) is 0 Å². The van der Waals surface area contributed by atoms with Gasteiger partial charge in [-0.1, -0.05) is 12.1 Å². The number of carbonyl (C=O) groups excluding carboxylic acids is 1. The van der Waals surface area contributed by atoms with Gasteiger partial charge in [-0.05, 0) is 17.7 Å². The molecular formula is C14H12N3O3+. The number of non-ortho nitro benzene ring substituents is 1. The van der Waals surface area contributed by atoms with Crippen LogP contribution in [0.5, 0.6) is 0 Å². The molecule has 6 heteroatoms. The summed E-state index contributed by atoms with van der Waals surface area (Å²) >= 11 is 0. The smallest absolute Gasteiger partial charge is 0.270 e. The summed E-state index contributed by atoms with van der Waals surface area (Å²) in [4.78, 5) is 24.7. The molecule has 6 nitrogen and oxygen atoms in total. The molecule has 2 rings (SSSR count). The maximum absolute atomic E-state index is 11.7. The topological polar surface area (TPSA) is 86.4 Å². The highest BCUT2D eigenvalue weighted by Crippen LogP contribution is 2.14. The van der Waals surface area contributed by atoms with Gasteiger partial charge in [0, 0.05) is 24.3 Å². The highest BCUT2D eigenvalue weighted by atomic mass is 16.6. The Kier molecular flexibility index (Phi) is 4.18. The third kappa shape index (κ3) is 3.74. The molecule has 0 saturated carbocycles. The van der Waals surface area contributed by atoms with Gasteiger partial charge in [-0.2, -0.15) is 0 Å². The van der Waals surface area contributed by atoms with E-state index in [2.05, 4.69) is 10.3 Å². The number of rotatable bonds is 4. The van der Waals surface area contributed by atoms with E-state index in [0.29, 0.717) is 11.3 Å². The number of anilines is 1. The number of carbonyl (C=O) groups is 1. The van der Waals surface area contributed by atoms with E-state index in [-0.39, 0.29) is 11.6 Å². The molecule has 0 aliphatic heterocycles. The number of hydrogen-bond acceptors (Lipinski definition) is 3. The van der Waals surface area contributed by atoms with Crippen LogP contribution in [0.4, 0.5) is 11.4 Å². The van der Waals surface area contributed by atoms with Crippen LogP contribution in [-0.2, 0) is 4.79 Å². The normalized spacial score (nSPS) is 10.4. The molecule has 20 heavy (non-hydrogen) atoms. The van der Waals surface area contributed by atoms with Crippen LogP contribution in [0.2, 0.25) is 0 Å². The molecule has 2 aromatic rings. The fourth-order valence-corrected chi connectivity index (χ4v) is 1.57. The highest BCUT2D eigenvalue weighted by molar-refractivity contribution is 6.01. The summed E-state index contributed by atoms with van der Waals surface area (Å²) in [5.41, 5.74) is 1.22. The maximum atomic E-state index is 11.7. The average Bonchev–Trinajstić information content (AvgIpc) is 2.46. The minimum Gasteiger partial charge on any atom is -0.317 e. The van der Waals surface area contributed by atoms with Crippen molar-refractivity contribution in [3.8, 4) is 0 Å². The van der Waals surface area contributed by atoms with Crippen molar-refractivity contribution in [3.63, 3.8) is 0 Å². The minimum absolute atomic E-state index is 0.00906. The van der Waals surface area contributed by atoms with Gasteiger partial charge in [-0.3, -0.25) is 14.9 Å². The van der Waals surface area contributed by atoms with Crippen molar-refractivity contribution < 1.29 is 14.7 Å². The molecular weight excluding hydrogens is 258 g/mol. The second-order valence-electron chi connectivity index (χ2n) is 3.97. The number of hydrogen-bond donors (Lipinski definition) is 1. The second kappa shape index (κ2) is 6.24. The number of amides is 1. The first kappa shape index (κ1) is 13.4. The van der Waals surface area contributed by atoms with Crippen molar-refractivity contribution in [1.29, 1.82) is 0 Å². The second-order valence-corrected chi connectivity index (χ2v) is 3.97. The number of H-pyrrole nitrogens is 1. The van der Waals surface area contributed by atoms with Crippen LogP contribution in [-0.4, -0.2) is 10.8 Å². The lowest BCUT2D eigenvalue weighted by Crippen LogP contribution is -2.10. The summed E-state index contributed by atoms with van der Waals surface area (Å²) in [5, 5.41) is 13.3. The summed E-state index contributed by atoms with van der Waals surface area (Å²) in [6.45, 7) is 0. The number of aromatic nitrogens is 1. The van der Waals surface area contributed by atoms with Gasteiger partial charge in [0.15, 0.2) is 12.4 Å². The third-order valence-electron chi connectivity index (χ3n) is 2.48. The zero-order valence-corrected chi connectivity index (χ0v) is 10.4. The Morgan fingerprint density at radius 1 is 1.30 bits per heavy atom. The van der Waals surface area contributed by atoms with Crippen molar-refractivity contribution in [3.05, 3.63) is 70.5 Å². The largest absolute Gasteiger partial charge is 0.317 e. The van der Waals surface area contributed by atoms with E-state index < -0.39 is 4.92 Å². The molecule has 0 spiro atoms. The number of nitrogens with zero attached hydrogens (tertiary/aromatic N) is 1. The number of benzene rings is 1. The number of aromatic amines is 1. The third-order valence-corrected chi connectivity index (χ3v) is 2.48. The molecule has 2 N–H and O–H groups in total. The molecule has 0 radical (unpaired) electrons. The molecule has 0 fully saturated rings. The van der Waals surface area contributed by atoms with E-state index in [1.54, 1.807) is 36.7 Å². The van der Waals surface area contributed by atoms with Gasteiger partial charge in [0.25, 0.3) is 5.69 Å². The Hall–Kier alpha value is -3.02. The lowest BCUT2D eigenvalue weighted by atomic mass is 10.2. The van der Waals surface area contributed by atoms with Gasteiger partial charge in [-0.15, -0.1) is 0 Å². The molecule has 1 aromatic heterocycles. The molecule has 1 amide bonds. The van der Waals surface area contributed by atoms with E-state index in [9.17, 15) is 14.9 Å². The van der Waals surface area contributed by atoms with Crippen molar-refractivity contribution >= 4 is 23.4 Å². The molecule has 0 unspecified atom stereocenters. The zero-order valence-electron chi connectivity index (χ0n) is 10.4. The number of nitrogens with one attached hydrogen (secondary N) is 2. The Bertz CT molecular complexity index is 654. The van der Waals surface area contributed by atoms with Crippen LogP contribution in [0.15, 0.2) is 54.9 Å². The summed E-state index contributed by atoms with van der Waals surface area (Å²) in [6.07, 6.45) is 6.23. The molecule has 0 saturated heterocycles. The molecule has 0 aliphatic rings. The Morgan fingerprint density at radius 2 is 2.15 bits per heavy atom. The first-order chi connectivity index (χ1) is 9.65. The van der Waals surface area contributed by atoms with Gasteiger partial charge in [0.05, 0.1) is 4.92 Å². The molecule has 0 bridgehead atoms. The molecule has 100 valence electrons. The van der Waals surface area contributed by atoms with Crippen LogP contribution in [0.25, 0.3) is 6.08 Å². The van der Waals surface area contributed by atoms with Gasteiger partial charge in [-0.25, -0.2) is 4.98 Å². The van der Waals surface area contributed by atoms with Gasteiger partial charge >= 0.3 is 0 Å². The Morgan fingerprint density at radius 3 is 2.85 bits per heavy atom. The lowest BCUT2D eigenvalue weighted by molar-refractivity contribution is -0.384. The van der Waals surface area contributed by atoms with E-state index in [1.807, 2.05) is 0 Å². The predicted octanol–water partition coefficient (Wildman–Crippen LogP) is 2.06. The lowest BCUT2D eigenvalue weighted by Gasteiger charge is -1.98. The monoisotopic (exact) mass is 270 g/mol. The molecule has 0 aliphatic carbocycles. The molecule has 1 aromatic carbocycles. The van der Waals surface area contributed by atoms with Crippen molar-refractivity contribution in [2.75, 3.05) is 5.32 Å². The number of nitro benzene ring substituents is 1. The van der Waals surface area contributed by atoms with E-state index in [4.69, 9.17) is 0 Å². The summed E-state index contributed by atoms with van der Waals surface area (Å²) in [7, 11) is 0. The first-order valence-electron chi connectivity index (χ1n) is 5.85. The van der Waals surface area contributed by atoms with Crippen LogP contribution in [0, 0.1) is 10.1 Å². The SMILES string of the molecule is O=C(C=Cc1cccc([N+](=O)[O-])c1)Nc1ccc[nH+]c1. The maximum Gasteiger partial charge on any atom is 0.270 e. The molecule has 1 heterocycles. The fourth-order valence-electron chi connectivity index (χ4n) is 1.57. The highest BCUT2D eigenvalue weighted by Gasteiger charge is 2.04. The summed E-state index contributed by atoms with van der Waals surface area (Å²) in [6, 6.07) is 9.57. The number of nitro groups is 1. The zero-order chi connectivity index (χ0) is 14.4. The fraction of sp³-hybridized carbons (Fsp3) is 0. The van der Waals surface area contributed by atoms with Gasteiger partial charge < -0.3 is 5.32 Å². The minimum atomic E-state index is -0.475. The van der Waals surface area contributed by atoms with E-state index in [0.717, 1.165) is 0 Å². The van der Waals surface area contributed by atoms with Gasteiger partial charge in [0.2, 0.25) is 5.91 Å². The summed E-state index contributed by atoms with van der Waals surface area (Å²) in [5.74, 6) is -0.309. The Labute approximate surface area is 114 Å². The van der Waals surface area contributed by atoms with E-state index in [1.165, 1.54) is 24.3 Å². The first-order valence-corrected chi connectivity index (χ1v) is 5.85. The average molecular weight is 270 g/mol. The summed E-state index contributed by atoms with van der Waals surface area (Å²) < 4.78 is 0. The van der Waals surface area contributed by atoms with Crippen LogP contribution in [0.1, 0.15) is 5.56 Å². The standard InChI is InChI=1S/C14H11N3O3/c18-14(16-12-4-2-8-15-10-12)7-6-11-3-1-5-13(9-11)17(19)20/h1-10H,(H,16,18)/p+1. The molecule has 0 atom stereocenters. The Balaban J connectivity index is 2.04. The predicted molar refractivity (Wildman–Crippen MR) is 73.8 cm³/mol. The number of pyridine rings is 1.